The number of thiophene rings is 1. The molecule has 0 saturated carbocycles. The normalized spacial score (nSPS) is 11.9. The predicted molar refractivity (Wildman–Crippen MR) is 254 cm³/mol. The molecule has 61 heavy (non-hydrogen) atoms. The maximum absolute atomic E-state index is 6.36. The molecule has 13 rings (SSSR count). The third-order valence-corrected chi connectivity index (χ3v) is 13.3. The molecule has 0 bridgehead atoms. The number of nitrogens with zero attached hydrogens (tertiary/aromatic N) is 4. The summed E-state index contributed by atoms with van der Waals surface area (Å²) in [6, 6.07) is 68.5. The van der Waals surface area contributed by atoms with Gasteiger partial charge in [0.25, 0.3) is 0 Å². The van der Waals surface area contributed by atoms with E-state index in [2.05, 4.69) is 162 Å². The van der Waals surface area contributed by atoms with E-state index in [1.807, 2.05) is 47.7 Å². The fourth-order valence-electron chi connectivity index (χ4n) is 9.26. The van der Waals surface area contributed by atoms with Crippen LogP contribution in [-0.4, -0.2) is 19.5 Å². The van der Waals surface area contributed by atoms with Gasteiger partial charge in [-0.2, -0.15) is 9.97 Å². The maximum atomic E-state index is 6.36. The van der Waals surface area contributed by atoms with Crippen LogP contribution in [0, 0.1) is 0 Å². The van der Waals surface area contributed by atoms with Gasteiger partial charge in [-0.1, -0.05) is 158 Å². The number of aromatic nitrogens is 4. The number of rotatable bonds is 5. The van der Waals surface area contributed by atoms with E-state index in [1.54, 1.807) is 0 Å². The minimum atomic E-state index is 0.544. The van der Waals surface area contributed by atoms with Gasteiger partial charge in [-0.05, 0) is 58.3 Å². The number of fused-ring (bicyclic) bond motifs is 11. The first-order chi connectivity index (χ1) is 30.2. The van der Waals surface area contributed by atoms with Gasteiger partial charge in [0.15, 0.2) is 11.6 Å². The highest BCUT2D eigenvalue weighted by molar-refractivity contribution is 7.26. The molecule has 6 heteroatoms. The summed E-state index contributed by atoms with van der Waals surface area (Å²) in [5, 5.41) is 9.47. The number of furan rings is 1. The molecule has 0 aliphatic heterocycles. The van der Waals surface area contributed by atoms with Gasteiger partial charge in [0.05, 0.1) is 11.0 Å². The van der Waals surface area contributed by atoms with Gasteiger partial charge in [0, 0.05) is 64.0 Å². The fraction of sp³-hybridized carbons (Fsp3) is 0. The molecule has 0 atom stereocenters. The van der Waals surface area contributed by atoms with E-state index < -0.39 is 0 Å². The van der Waals surface area contributed by atoms with Crippen molar-refractivity contribution in [3.63, 3.8) is 0 Å². The number of hydrogen-bond acceptors (Lipinski definition) is 5. The molecule has 9 aromatic carbocycles. The van der Waals surface area contributed by atoms with Crippen LogP contribution >= 0.6 is 11.3 Å². The molecule has 4 heterocycles. The molecule has 0 saturated heterocycles. The number of para-hydroxylation sites is 2. The zero-order valence-electron chi connectivity index (χ0n) is 32.6. The summed E-state index contributed by atoms with van der Waals surface area (Å²) in [7, 11) is 0. The van der Waals surface area contributed by atoms with E-state index in [0.29, 0.717) is 17.6 Å². The Kier molecular flexibility index (Phi) is 7.41. The number of hydrogen-bond donors (Lipinski definition) is 0. The first-order valence-corrected chi connectivity index (χ1v) is 21.2. The smallest absolute Gasteiger partial charge is 0.238 e. The Bertz CT molecular complexity index is 3880. The lowest BCUT2D eigenvalue weighted by Crippen LogP contribution is -2.07. The Labute approximate surface area is 353 Å². The molecule has 0 N–H and O–H groups in total. The maximum Gasteiger partial charge on any atom is 0.238 e. The van der Waals surface area contributed by atoms with Crippen molar-refractivity contribution < 1.29 is 4.42 Å². The van der Waals surface area contributed by atoms with Crippen molar-refractivity contribution in [3.8, 4) is 51.0 Å². The van der Waals surface area contributed by atoms with Crippen LogP contribution in [0.1, 0.15) is 0 Å². The van der Waals surface area contributed by atoms with Crippen LogP contribution in [0.3, 0.4) is 0 Å². The van der Waals surface area contributed by atoms with E-state index in [0.717, 1.165) is 66.0 Å². The Hall–Kier alpha value is -7.93. The average molecular weight is 797 g/mol. The first-order valence-electron chi connectivity index (χ1n) is 20.4. The highest BCUT2D eigenvalue weighted by Crippen LogP contribution is 2.46. The van der Waals surface area contributed by atoms with Crippen LogP contribution < -0.4 is 0 Å². The summed E-state index contributed by atoms with van der Waals surface area (Å²) in [5.41, 5.74) is 10.1. The second-order valence-corrected chi connectivity index (χ2v) is 16.6. The standard InChI is InChI=1S/C55H32N4OS/c1-3-13-33(14-4-1)36-26-29-46-45(31-36)42-21-11-20-41(43-22-12-23-44-50-38-18-8-7-15-34(38)27-30-49(50)61-52(43)44)51(42)59(46)55-57-53(35-16-5-2-6-17-35)56-54(58-55)37-25-28-40-39-19-9-10-24-47(39)60-48(40)32-37/h1-32H. The summed E-state index contributed by atoms with van der Waals surface area (Å²) in [6.45, 7) is 0. The quantitative estimate of drug-likeness (QED) is 0.174. The summed E-state index contributed by atoms with van der Waals surface area (Å²) in [6.07, 6.45) is 0. The Morgan fingerprint density at radius 3 is 1.93 bits per heavy atom. The van der Waals surface area contributed by atoms with Gasteiger partial charge in [-0.25, -0.2) is 4.98 Å². The van der Waals surface area contributed by atoms with Crippen molar-refractivity contribution in [2.45, 2.75) is 0 Å². The van der Waals surface area contributed by atoms with Crippen LogP contribution in [0.4, 0.5) is 0 Å². The third kappa shape index (κ3) is 5.29. The average Bonchev–Trinajstić information content (AvgIpc) is 4.01. The molecule has 0 aliphatic rings. The second-order valence-electron chi connectivity index (χ2n) is 15.5. The predicted octanol–water partition coefficient (Wildman–Crippen LogP) is 15.1. The van der Waals surface area contributed by atoms with Gasteiger partial charge in [0.2, 0.25) is 5.95 Å². The molecule has 0 unspecified atom stereocenters. The Balaban J connectivity index is 1.12. The van der Waals surface area contributed by atoms with E-state index in [1.165, 1.54) is 42.1 Å². The van der Waals surface area contributed by atoms with Crippen LogP contribution in [0.15, 0.2) is 199 Å². The van der Waals surface area contributed by atoms with Crippen molar-refractivity contribution in [2.24, 2.45) is 0 Å². The Morgan fingerprint density at radius 2 is 1.08 bits per heavy atom. The van der Waals surface area contributed by atoms with Gasteiger partial charge < -0.3 is 4.42 Å². The van der Waals surface area contributed by atoms with Crippen LogP contribution in [0.25, 0.3) is 126 Å². The molecule has 0 amide bonds. The summed E-state index contributed by atoms with van der Waals surface area (Å²) >= 11 is 1.86. The molecule has 0 spiro atoms. The van der Waals surface area contributed by atoms with Gasteiger partial charge >= 0.3 is 0 Å². The molecule has 13 aromatic rings. The van der Waals surface area contributed by atoms with Crippen molar-refractivity contribution >= 4 is 86.0 Å². The van der Waals surface area contributed by atoms with Gasteiger partial charge in [0.1, 0.15) is 11.2 Å². The number of benzene rings is 9. The van der Waals surface area contributed by atoms with Crippen molar-refractivity contribution in [1.29, 1.82) is 0 Å². The SMILES string of the molecule is c1ccc(-c2ccc3c(c2)c2cccc(-c4cccc5c4sc4ccc6ccccc6c45)c2n3-c2nc(-c3ccccc3)nc(-c3ccc4c(c3)oc3ccccc34)n2)cc1. The summed E-state index contributed by atoms with van der Waals surface area (Å²) in [5.74, 6) is 1.71. The van der Waals surface area contributed by atoms with Gasteiger partial charge in [-0.3, -0.25) is 4.57 Å². The van der Waals surface area contributed by atoms with Crippen molar-refractivity contribution in [2.75, 3.05) is 0 Å². The van der Waals surface area contributed by atoms with E-state index in [9.17, 15) is 0 Å². The van der Waals surface area contributed by atoms with Gasteiger partial charge in [-0.15, -0.1) is 11.3 Å². The minimum Gasteiger partial charge on any atom is -0.456 e. The highest BCUT2D eigenvalue weighted by atomic mass is 32.1. The van der Waals surface area contributed by atoms with E-state index in [-0.39, 0.29) is 0 Å². The van der Waals surface area contributed by atoms with Crippen LogP contribution in [0.5, 0.6) is 0 Å². The second kappa shape index (κ2) is 13.3. The van der Waals surface area contributed by atoms with Crippen molar-refractivity contribution in [1.82, 2.24) is 19.5 Å². The molecule has 0 aliphatic carbocycles. The molecule has 5 nitrogen and oxygen atoms in total. The first kappa shape index (κ1) is 34.0. The highest BCUT2D eigenvalue weighted by Gasteiger charge is 2.23. The lowest BCUT2D eigenvalue weighted by Gasteiger charge is -2.13. The molecule has 0 radical (unpaired) electrons. The summed E-state index contributed by atoms with van der Waals surface area (Å²) < 4.78 is 11.2. The minimum absolute atomic E-state index is 0.544. The van der Waals surface area contributed by atoms with Crippen LogP contribution in [-0.2, 0) is 0 Å². The van der Waals surface area contributed by atoms with E-state index >= 15 is 0 Å². The fourth-order valence-corrected chi connectivity index (χ4v) is 10.5. The molecule has 0 fully saturated rings. The molecular formula is C55H32N4OS. The van der Waals surface area contributed by atoms with E-state index in [4.69, 9.17) is 19.4 Å². The zero-order valence-corrected chi connectivity index (χ0v) is 33.4. The van der Waals surface area contributed by atoms with Crippen LogP contribution in [0.2, 0.25) is 0 Å². The topological polar surface area (TPSA) is 56.7 Å². The molecule has 4 aromatic heterocycles. The third-order valence-electron chi connectivity index (χ3n) is 12.1. The lowest BCUT2D eigenvalue weighted by molar-refractivity contribution is 0.669. The molecular weight excluding hydrogens is 765 g/mol. The lowest BCUT2D eigenvalue weighted by atomic mass is 9.98. The largest absolute Gasteiger partial charge is 0.456 e. The Morgan fingerprint density at radius 1 is 0.410 bits per heavy atom. The monoisotopic (exact) mass is 796 g/mol. The summed E-state index contributed by atoms with van der Waals surface area (Å²) in [4.78, 5) is 15.9. The molecule has 284 valence electrons. The van der Waals surface area contributed by atoms with Crippen molar-refractivity contribution in [3.05, 3.63) is 194 Å². The zero-order chi connectivity index (χ0) is 40.0.